The van der Waals surface area contributed by atoms with Crippen LogP contribution in [0.15, 0.2) is 35.7 Å². The zero-order valence-corrected chi connectivity index (χ0v) is 12.4. The molecule has 1 aromatic heterocycles. The molecule has 0 fully saturated rings. The molecule has 1 unspecified atom stereocenters. The van der Waals surface area contributed by atoms with Crippen molar-refractivity contribution in [2.75, 3.05) is 7.11 Å². The van der Waals surface area contributed by atoms with Crippen molar-refractivity contribution in [2.45, 2.75) is 12.5 Å². The first-order chi connectivity index (χ1) is 8.19. The lowest BCUT2D eigenvalue weighted by molar-refractivity contribution is 0.179. The highest BCUT2D eigenvalue weighted by Crippen LogP contribution is 2.25. The van der Waals surface area contributed by atoms with Gasteiger partial charge >= 0.3 is 0 Å². The summed E-state index contributed by atoms with van der Waals surface area (Å²) < 4.78 is 6.30. The van der Waals surface area contributed by atoms with Crippen molar-refractivity contribution in [3.8, 4) is 5.75 Å². The topological polar surface area (TPSA) is 29.5 Å². The molecule has 2 rings (SSSR count). The molecule has 1 atom stereocenters. The first kappa shape index (κ1) is 12.9. The maximum absolute atomic E-state index is 10.1. The van der Waals surface area contributed by atoms with E-state index in [1.54, 1.807) is 18.4 Å². The quantitative estimate of drug-likeness (QED) is 0.844. The fraction of sp³-hybridized carbons (Fsp3) is 0.231. The van der Waals surface area contributed by atoms with Crippen LogP contribution in [0, 0.1) is 2.88 Å². The van der Waals surface area contributed by atoms with Crippen LogP contribution >= 0.6 is 33.9 Å². The van der Waals surface area contributed by atoms with Gasteiger partial charge in [-0.2, -0.15) is 0 Å². The fourth-order valence-corrected chi connectivity index (χ4v) is 3.02. The minimum atomic E-state index is -0.428. The van der Waals surface area contributed by atoms with E-state index in [1.807, 2.05) is 35.7 Å². The molecule has 4 heteroatoms. The molecule has 1 N–H and O–H groups in total. The predicted molar refractivity (Wildman–Crippen MR) is 78.7 cm³/mol. The average molecular weight is 360 g/mol. The largest absolute Gasteiger partial charge is 0.497 e. The lowest BCUT2D eigenvalue weighted by Gasteiger charge is -2.09. The summed E-state index contributed by atoms with van der Waals surface area (Å²) in [6.07, 6.45) is 0.208. The Kier molecular flexibility index (Phi) is 4.42. The molecule has 90 valence electrons. The second-order valence-electron chi connectivity index (χ2n) is 3.75. The summed E-state index contributed by atoms with van der Waals surface area (Å²) in [5, 5.41) is 12.1. The van der Waals surface area contributed by atoms with Crippen molar-refractivity contribution in [1.82, 2.24) is 0 Å². The van der Waals surface area contributed by atoms with Gasteiger partial charge in [-0.25, -0.2) is 0 Å². The summed E-state index contributed by atoms with van der Waals surface area (Å²) in [6, 6.07) is 9.83. The number of thiophene rings is 1. The third kappa shape index (κ3) is 3.43. The Bertz CT molecular complexity index is 478. The number of hydrogen-bond acceptors (Lipinski definition) is 3. The van der Waals surface area contributed by atoms with Gasteiger partial charge in [0.1, 0.15) is 5.75 Å². The van der Waals surface area contributed by atoms with Gasteiger partial charge in [0.15, 0.2) is 0 Å². The van der Waals surface area contributed by atoms with Crippen LogP contribution in [0.5, 0.6) is 5.75 Å². The molecule has 0 radical (unpaired) electrons. The van der Waals surface area contributed by atoms with Gasteiger partial charge < -0.3 is 9.84 Å². The number of methoxy groups -OCH3 is 1. The van der Waals surface area contributed by atoms with Crippen molar-refractivity contribution >= 4 is 33.9 Å². The predicted octanol–water partition coefficient (Wildman–Crippen LogP) is 3.64. The highest BCUT2D eigenvalue weighted by molar-refractivity contribution is 14.1. The van der Waals surface area contributed by atoms with Crippen LogP contribution in [0.25, 0.3) is 0 Å². The molecule has 17 heavy (non-hydrogen) atoms. The van der Waals surface area contributed by atoms with Gasteiger partial charge in [-0.05, 0) is 57.3 Å². The van der Waals surface area contributed by atoms with Crippen LogP contribution in [-0.4, -0.2) is 12.2 Å². The Morgan fingerprint density at radius 1 is 1.35 bits per heavy atom. The van der Waals surface area contributed by atoms with E-state index < -0.39 is 6.10 Å². The van der Waals surface area contributed by atoms with Crippen molar-refractivity contribution < 1.29 is 9.84 Å². The normalized spacial score (nSPS) is 12.4. The molecular formula is C13H13IO2S. The van der Waals surface area contributed by atoms with Crippen molar-refractivity contribution in [3.63, 3.8) is 0 Å². The van der Waals surface area contributed by atoms with E-state index in [9.17, 15) is 5.11 Å². The number of aliphatic hydroxyl groups excluding tert-OH is 1. The van der Waals surface area contributed by atoms with Gasteiger partial charge in [0, 0.05) is 6.42 Å². The molecule has 0 aliphatic rings. The van der Waals surface area contributed by atoms with E-state index in [0.717, 1.165) is 16.9 Å². The van der Waals surface area contributed by atoms with E-state index in [4.69, 9.17) is 4.74 Å². The summed E-state index contributed by atoms with van der Waals surface area (Å²) >= 11 is 3.92. The summed E-state index contributed by atoms with van der Waals surface area (Å²) in [4.78, 5) is 0. The number of ether oxygens (including phenoxy) is 1. The molecule has 2 aromatic rings. The molecule has 2 nitrogen and oxygen atoms in total. The Morgan fingerprint density at radius 2 is 2.06 bits per heavy atom. The summed E-state index contributed by atoms with van der Waals surface area (Å²) in [5.41, 5.74) is 2.11. The Balaban J connectivity index is 2.04. The lowest BCUT2D eigenvalue weighted by Crippen LogP contribution is -2.00. The van der Waals surface area contributed by atoms with Crippen LogP contribution in [0.3, 0.4) is 0 Å². The number of hydrogen-bond donors (Lipinski definition) is 1. The van der Waals surface area contributed by atoms with Crippen molar-refractivity contribution in [2.24, 2.45) is 0 Å². The Hall–Kier alpha value is -0.590. The molecule has 0 aliphatic carbocycles. The Labute approximate surface area is 118 Å². The van der Waals surface area contributed by atoms with Gasteiger partial charge in [0.25, 0.3) is 0 Å². The molecule has 0 saturated heterocycles. The van der Waals surface area contributed by atoms with Crippen LogP contribution in [0.4, 0.5) is 0 Å². The van der Waals surface area contributed by atoms with Crippen LogP contribution < -0.4 is 4.74 Å². The lowest BCUT2D eigenvalue weighted by atomic mass is 10.0. The maximum atomic E-state index is 10.1. The number of halogens is 1. The minimum absolute atomic E-state index is 0.428. The minimum Gasteiger partial charge on any atom is -0.497 e. The molecule has 1 heterocycles. The molecule has 0 amide bonds. The maximum Gasteiger partial charge on any atom is 0.118 e. The SMILES string of the molecule is COc1ccc(CC(O)c2csc(I)c2)cc1. The average Bonchev–Trinajstić information content (AvgIpc) is 2.77. The van der Waals surface area contributed by atoms with E-state index in [2.05, 4.69) is 22.6 Å². The summed E-state index contributed by atoms with van der Waals surface area (Å²) in [7, 11) is 1.65. The van der Waals surface area contributed by atoms with Gasteiger partial charge in [-0.1, -0.05) is 12.1 Å². The molecule has 0 spiro atoms. The van der Waals surface area contributed by atoms with Crippen molar-refractivity contribution in [3.05, 3.63) is 49.7 Å². The molecular weight excluding hydrogens is 347 g/mol. The number of rotatable bonds is 4. The van der Waals surface area contributed by atoms with E-state index in [0.29, 0.717) is 6.42 Å². The van der Waals surface area contributed by atoms with E-state index in [1.165, 1.54) is 2.88 Å². The standard InChI is InChI=1S/C13H13IO2S/c1-16-11-4-2-9(3-5-11)6-12(15)10-7-13(14)17-8-10/h2-5,7-8,12,15H,6H2,1H3. The van der Waals surface area contributed by atoms with Gasteiger partial charge in [0.2, 0.25) is 0 Å². The van der Waals surface area contributed by atoms with Crippen LogP contribution in [-0.2, 0) is 6.42 Å². The van der Waals surface area contributed by atoms with E-state index >= 15 is 0 Å². The highest BCUT2D eigenvalue weighted by Gasteiger charge is 2.10. The van der Waals surface area contributed by atoms with Crippen LogP contribution in [0.2, 0.25) is 0 Å². The van der Waals surface area contributed by atoms with Crippen LogP contribution in [0.1, 0.15) is 17.2 Å². The smallest absolute Gasteiger partial charge is 0.118 e. The summed E-state index contributed by atoms with van der Waals surface area (Å²) in [6.45, 7) is 0. The zero-order chi connectivity index (χ0) is 12.3. The van der Waals surface area contributed by atoms with E-state index in [-0.39, 0.29) is 0 Å². The second kappa shape index (κ2) is 5.84. The monoisotopic (exact) mass is 360 g/mol. The first-order valence-electron chi connectivity index (χ1n) is 5.24. The number of aliphatic hydroxyl groups is 1. The molecule has 1 aromatic carbocycles. The van der Waals surface area contributed by atoms with Gasteiger partial charge in [0.05, 0.1) is 16.1 Å². The van der Waals surface area contributed by atoms with Crippen molar-refractivity contribution in [1.29, 1.82) is 0 Å². The van der Waals surface area contributed by atoms with Gasteiger partial charge in [-0.15, -0.1) is 11.3 Å². The molecule has 0 aliphatic heterocycles. The third-order valence-corrected chi connectivity index (χ3v) is 4.37. The third-order valence-electron chi connectivity index (χ3n) is 2.56. The second-order valence-corrected chi connectivity index (χ2v) is 6.56. The first-order valence-corrected chi connectivity index (χ1v) is 7.20. The van der Waals surface area contributed by atoms with Gasteiger partial charge in [-0.3, -0.25) is 0 Å². The number of benzene rings is 1. The summed E-state index contributed by atoms with van der Waals surface area (Å²) in [5.74, 6) is 0.841. The fourth-order valence-electron chi connectivity index (χ4n) is 1.60. The highest BCUT2D eigenvalue weighted by atomic mass is 127. The zero-order valence-electron chi connectivity index (χ0n) is 9.39. The Morgan fingerprint density at radius 3 is 2.59 bits per heavy atom. The molecule has 0 saturated carbocycles. The molecule has 0 bridgehead atoms.